The Bertz CT molecular complexity index is 699. The van der Waals surface area contributed by atoms with Gasteiger partial charge < -0.3 is 14.6 Å². The number of amides is 1. The summed E-state index contributed by atoms with van der Waals surface area (Å²) >= 11 is 0. The molecule has 0 spiro atoms. The van der Waals surface area contributed by atoms with E-state index in [1.54, 1.807) is 17.0 Å². The van der Waals surface area contributed by atoms with Crippen LogP contribution in [0.5, 0.6) is 5.75 Å². The molecule has 1 unspecified atom stereocenters. The van der Waals surface area contributed by atoms with Crippen LogP contribution in [-0.2, 0) is 4.74 Å². The molecule has 1 fully saturated rings. The van der Waals surface area contributed by atoms with Crippen molar-refractivity contribution in [1.82, 2.24) is 0 Å². The molecule has 1 atom stereocenters. The molecular weight excluding hydrogens is 298 g/mol. The summed E-state index contributed by atoms with van der Waals surface area (Å²) in [6.45, 7) is 0.508. The van der Waals surface area contributed by atoms with Crippen molar-refractivity contribution in [3.8, 4) is 5.75 Å². The van der Waals surface area contributed by atoms with Crippen LogP contribution in [0.1, 0.15) is 10.4 Å². The van der Waals surface area contributed by atoms with Crippen molar-refractivity contribution < 1.29 is 24.2 Å². The Morgan fingerprint density at radius 1 is 1.17 bits per heavy atom. The number of aromatic carboxylic acids is 1. The molecule has 0 aromatic heterocycles. The smallest absolute Gasteiger partial charge is 0.414 e. The maximum absolute atomic E-state index is 11.9. The van der Waals surface area contributed by atoms with Crippen LogP contribution in [-0.4, -0.2) is 36.4 Å². The molecule has 0 radical (unpaired) electrons. The van der Waals surface area contributed by atoms with E-state index in [1.807, 2.05) is 30.3 Å². The molecule has 1 aliphatic rings. The van der Waals surface area contributed by atoms with Gasteiger partial charge in [-0.3, -0.25) is 4.90 Å². The molecular formula is C17H15NO5. The summed E-state index contributed by atoms with van der Waals surface area (Å²) < 4.78 is 10.8. The largest absolute Gasteiger partial charge is 0.491 e. The van der Waals surface area contributed by atoms with Crippen molar-refractivity contribution in [1.29, 1.82) is 0 Å². The number of ether oxygens (including phenoxy) is 2. The highest BCUT2D eigenvalue weighted by Crippen LogP contribution is 2.23. The highest BCUT2D eigenvalue weighted by Gasteiger charge is 2.34. The lowest BCUT2D eigenvalue weighted by Gasteiger charge is -2.21. The number of rotatable bonds is 5. The molecule has 1 aliphatic heterocycles. The normalized spacial score (nSPS) is 17.0. The average Bonchev–Trinajstić information content (AvgIpc) is 2.95. The Kier molecular flexibility index (Phi) is 4.14. The van der Waals surface area contributed by atoms with Crippen LogP contribution in [0.4, 0.5) is 10.5 Å². The van der Waals surface area contributed by atoms with Gasteiger partial charge in [0.2, 0.25) is 0 Å². The molecule has 6 heteroatoms. The van der Waals surface area contributed by atoms with Crippen LogP contribution < -0.4 is 9.64 Å². The molecule has 2 aromatic carbocycles. The van der Waals surface area contributed by atoms with E-state index in [2.05, 4.69) is 0 Å². The third kappa shape index (κ3) is 3.26. The standard InChI is InChI=1S/C17H15NO5/c19-16(20)12-6-8-15(9-7-12)22-10-14-11-23-17(21)18(14)13-4-2-1-3-5-13/h1-9,14H,10-11H2,(H,19,20). The van der Waals surface area contributed by atoms with Gasteiger partial charge >= 0.3 is 12.1 Å². The van der Waals surface area contributed by atoms with Gasteiger partial charge in [0.15, 0.2) is 0 Å². The Morgan fingerprint density at radius 2 is 1.87 bits per heavy atom. The van der Waals surface area contributed by atoms with E-state index in [9.17, 15) is 9.59 Å². The van der Waals surface area contributed by atoms with Crippen molar-refractivity contribution in [2.75, 3.05) is 18.1 Å². The molecule has 2 aromatic rings. The quantitative estimate of drug-likeness (QED) is 0.918. The van der Waals surface area contributed by atoms with Gasteiger partial charge in [0.05, 0.1) is 5.56 Å². The predicted octanol–water partition coefficient (Wildman–Crippen LogP) is 2.79. The molecule has 1 saturated heterocycles. The van der Waals surface area contributed by atoms with E-state index in [1.165, 1.54) is 12.1 Å². The highest BCUT2D eigenvalue weighted by molar-refractivity contribution is 5.90. The third-order valence-corrected chi connectivity index (χ3v) is 3.54. The molecule has 6 nitrogen and oxygen atoms in total. The fraction of sp³-hybridized carbons (Fsp3) is 0.176. The van der Waals surface area contributed by atoms with E-state index in [0.29, 0.717) is 5.75 Å². The molecule has 1 heterocycles. The maximum atomic E-state index is 11.9. The summed E-state index contributed by atoms with van der Waals surface area (Å²) in [4.78, 5) is 24.3. The molecule has 23 heavy (non-hydrogen) atoms. The third-order valence-electron chi connectivity index (χ3n) is 3.54. The van der Waals surface area contributed by atoms with Crippen molar-refractivity contribution in [2.24, 2.45) is 0 Å². The van der Waals surface area contributed by atoms with Gasteiger partial charge in [-0.2, -0.15) is 0 Å². The minimum atomic E-state index is -0.985. The Labute approximate surface area is 132 Å². The lowest BCUT2D eigenvalue weighted by molar-refractivity contribution is 0.0697. The zero-order valence-corrected chi connectivity index (χ0v) is 12.2. The first-order chi connectivity index (χ1) is 11.1. The second-order valence-corrected chi connectivity index (χ2v) is 5.08. The fourth-order valence-electron chi connectivity index (χ4n) is 2.37. The number of nitrogens with zero attached hydrogens (tertiary/aromatic N) is 1. The number of para-hydroxylation sites is 1. The SMILES string of the molecule is O=C(O)c1ccc(OCC2COC(=O)N2c2ccccc2)cc1. The molecule has 0 saturated carbocycles. The lowest BCUT2D eigenvalue weighted by atomic mass is 10.2. The number of carboxylic acid groups (broad SMARTS) is 1. The van der Waals surface area contributed by atoms with Crippen molar-refractivity contribution in [3.05, 3.63) is 60.2 Å². The van der Waals surface area contributed by atoms with E-state index >= 15 is 0 Å². The molecule has 1 N–H and O–H groups in total. The average molecular weight is 313 g/mol. The number of carboxylic acids is 1. The first-order valence-electron chi connectivity index (χ1n) is 7.12. The van der Waals surface area contributed by atoms with Crippen LogP contribution >= 0.6 is 0 Å². The van der Waals surface area contributed by atoms with Crippen LogP contribution in [0, 0.1) is 0 Å². The minimum Gasteiger partial charge on any atom is -0.491 e. The number of benzene rings is 2. The van der Waals surface area contributed by atoms with Gasteiger partial charge in [-0.05, 0) is 36.4 Å². The topological polar surface area (TPSA) is 76.1 Å². The summed E-state index contributed by atoms with van der Waals surface area (Å²) in [5.74, 6) is -0.441. The van der Waals surface area contributed by atoms with Gasteiger partial charge in [0.25, 0.3) is 0 Å². The van der Waals surface area contributed by atoms with Crippen LogP contribution in [0.3, 0.4) is 0 Å². The molecule has 118 valence electrons. The van der Waals surface area contributed by atoms with Gasteiger partial charge in [0, 0.05) is 5.69 Å². The summed E-state index contributed by atoms with van der Waals surface area (Å²) in [6, 6.07) is 15.1. The summed E-state index contributed by atoms with van der Waals surface area (Å²) in [6.07, 6.45) is -0.397. The van der Waals surface area contributed by atoms with Crippen molar-refractivity contribution >= 4 is 17.7 Å². The van der Waals surface area contributed by atoms with E-state index < -0.39 is 12.1 Å². The number of carbonyl (C=O) groups excluding carboxylic acids is 1. The van der Waals surface area contributed by atoms with E-state index in [-0.39, 0.29) is 24.8 Å². The first kappa shape index (κ1) is 14.9. The predicted molar refractivity (Wildman–Crippen MR) is 83.0 cm³/mol. The number of carbonyl (C=O) groups is 2. The number of hydrogen-bond donors (Lipinski definition) is 1. The zero-order valence-electron chi connectivity index (χ0n) is 12.2. The van der Waals surface area contributed by atoms with Gasteiger partial charge in [0.1, 0.15) is 25.0 Å². The number of hydrogen-bond acceptors (Lipinski definition) is 4. The van der Waals surface area contributed by atoms with E-state index in [0.717, 1.165) is 5.69 Å². The highest BCUT2D eigenvalue weighted by atomic mass is 16.6. The molecule has 0 aliphatic carbocycles. The summed E-state index contributed by atoms with van der Waals surface area (Å²) in [5, 5.41) is 8.87. The molecule has 1 amide bonds. The maximum Gasteiger partial charge on any atom is 0.414 e. The molecule has 0 bridgehead atoms. The lowest BCUT2D eigenvalue weighted by Crippen LogP contribution is -2.37. The summed E-state index contributed by atoms with van der Waals surface area (Å²) in [7, 11) is 0. The second-order valence-electron chi connectivity index (χ2n) is 5.08. The Balaban J connectivity index is 1.67. The van der Waals surface area contributed by atoms with Crippen LogP contribution in [0.25, 0.3) is 0 Å². The first-order valence-corrected chi connectivity index (χ1v) is 7.12. The van der Waals surface area contributed by atoms with Gasteiger partial charge in [-0.15, -0.1) is 0 Å². The second kappa shape index (κ2) is 6.39. The number of cyclic esters (lactones) is 1. The Morgan fingerprint density at radius 3 is 2.52 bits per heavy atom. The van der Waals surface area contributed by atoms with Crippen molar-refractivity contribution in [3.63, 3.8) is 0 Å². The Hall–Kier alpha value is -3.02. The van der Waals surface area contributed by atoms with Crippen LogP contribution in [0.15, 0.2) is 54.6 Å². The number of anilines is 1. The zero-order chi connectivity index (χ0) is 16.2. The van der Waals surface area contributed by atoms with E-state index in [4.69, 9.17) is 14.6 Å². The summed E-state index contributed by atoms with van der Waals surface area (Å²) in [5.41, 5.74) is 0.951. The van der Waals surface area contributed by atoms with Gasteiger partial charge in [-0.25, -0.2) is 9.59 Å². The monoisotopic (exact) mass is 313 g/mol. The fourth-order valence-corrected chi connectivity index (χ4v) is 2.37. The van der Waals surface area contributed by atoms with Crippen molar-refractivity contribution in [2.45, 2.75) is 6.04 Å². The van der Waals surface area contributed by atoms with Crippen LogP contribution in [0.2, 0.25) is 0 Å². The van der Waals surface area contributed by atoms with Gasteiger partial charge in [-0.1, -0.05) is 18.2 Å². The molecule has 3 rings (SSSR count). The minimum absolute atomic E-state index is 0.197.